The topological polar surface area (TPSA) is 29.5 Å². The molecule has 2 rings (SSSR count). The van der Waals surface area contributed by atoms with E-state index in [-0.39, 0.29) is 6.10 Å². The Labute approximate surface area is 116 Å². The first-order valence-corrected chi connectivity index (χ1v) is 7.55. The van der Waals surface area contributed by atoms with Crippen LogP contribution in [-0.4, -0.2) is 17.8 Å². The zero-order valence-corrected chi connectivity index (χ0v) is 12.1. The molecule has 1 saturated carbocycles. The fourth-order valence-corrected chi connectivity index (χ4v) is 2.75. The van der Waals surface area contributed by atoms with E-state index >= 15 is 0 Å². The zero-order valence-electron chi connectivity index (χ0n) is 12.1. The summed E-state index contributed by atoms with van der Waals surface area (Å²) in [7, 11) is 0. The lowest BCUT2D eigenvalue weighted by Gasteiger charge is -2.27. The Kier molecular flexibility index (Phi) is 5.26. The molecule has 0 spiro atoms. The highest BCUT2D eigenvalue weighted by Crippen LogP contribution is 2.28. The molecular weight excluding hydrogens is 236 g/mol. The molecule has 1 aromatic carbocycles. The van der Waals surface area contributed by atoms with Gasteiger partial charge in [-0.2, -0.15) is 0 Å². The first-order chi connectivity index (χ1) is 9.15. The van der Waals surface area contributed by atoms with Crippen molar-refractivity contribution in [1.29, 1.82) is 0 Å². The van der Waals surface area contributed by atoms with Crippen molar-refractivity contribution < 1.29 is 9.84 Å². The third kappa shape index (κ3) is 4.54. The van der Waals surface area contributed by atoms with Crippen LogP contribution in [0.1, 0.15) is 45.1 Å². The highest BCUT2D eigenvalue weighted by molar-refractivity contribution is 5.29. The fourth-order valence-electron chi connectivity index (χ4n) is 2.75. The van der Waals surface area contributed by atoms with Crippen LogP contribution in [0.15, 0.2) is 24.3 Å². The van der Waals surface area contributed by atoms with Crippen LogP contribution in [-0.2, 0) is 6.42 Å². The Hall–Kier alpha value is -1.02. The Morgan fingerprint density at radius 2 is 2.05 bits per heavy atom. The van der Waals surface area contributed by atoms with Crippen LogP contribution in [0.4, 0.5) is 0 Å². The monoisotopic (exact) mass is 262 g/mol. The Bertz CT molecular complexity index is 387. The van der Waals surface area contributed by atoms with Gasteiger partial charge in [0.1, 0.15) is 5.75 Å². The minimum Gasteiger partial charge on any atom is -0.493 e. The van der Waals surface area contributed by atoms with Gasteiger partial charge in [0, 0.05) is 0 Å². The normalized spacial score (nSPS) is 23.6. The maximum Gasteiger partial charge on any atom is 0.119 e. The van der Waals surface area contributed by atoms with Gasteiger partial charge in [-0.05, 0) is 48.8 Å². The molecule has 0 radical (unpaired) electrons. The number of aliphatic hydroxyl groups is 1. The molecule has 1 fully saturated rings. The summed E-state index contributed by atoms with van der Waals surface area (Å²) in [5.74, 6) is 1.93. The van der Waals surface area contributed by atoms with Gasteiger partial charge in [-0.3, -0.25) is 0 Å². The molecule has 19 heavy (non-hydrogen) atoms. The quantitative estimate of drug-likeness (QED) is 0.874. The molecule has 1 N–H and O–H groups in total. The summed E-state index contributed by atoms with van der Waals surface area (Å²) in [5, 5.41) is 10.0. The highest BCUT2D eigenvalue weighted by atomic mass is 16.5. The lowest BCUT2D eigenvalue weighted by Crippen LogP contribution is -2.26. The predicted molar refractivity (Wildman–Crippen MR) is 78.4 cm³/mol. The molecule has 0 bridgehead atoms. The van der Waals surface area contributed by atoms with Crippen LogP contribution < -0.4 is 4.74 Å². The van der Waals surface area contributed by atoms with E-state index in [0.717, 1.165) is 31.6 Å². The summed E-state index contributed by atoms with van der Waals surface area (Å²) in [6.07, 6.45) is 5.40. The molecule has 0 heterocycles. The maximum atomic E-state index is 10.0. The van der Waals surface area contributed by atoms with E-state index in [9.17, 15) is 5.11 Å². The first-order valence-electron chi connectivity index (χ1n) is 7.55. The third-order valence-corrected chi connectivity index (χ3v) is 3.85. The van der Waals surface area contributed by atoms with Gasteiger partial charge in [0.25, 0.3) is 0 Å². The van der Waals surface area contributed by atoms with Crippen molar-refractivity contribution in [2.75, 3.05) is 6.61 Å². The van der Waals surface area contributed by atoms with Gasteiger partial charge in [-0.15, -0.1) is 0 Å². The maximum absolute atomic E-state index is 10.0. The van der Waals surface area contributed by atoms with Crippen molar-refractivity contribution in [3.05, 3.63) is 29.8 Å². The Morgan fingerprint density at radius 1 is 1.26 bits per heavy atom. The SMILES string of the molecule is CC(C)COc1cccc(CC2CCCCC2O)c1. The van der Waals surface area contributed by atoms with Crippen LogP contribution in [0.25, 0.3) is 0 Å². The number of aliphatic hydroxyl groups excluding tert-OH is 1. The van der Waals surface area contributed by atoms with Crippen LogP contribution in [0, 0.1) is 11.8 Å². The first kappa shape index (κ1) is 14.4. The molecule has 2 unspecified atom stereocenters. The van der Waals surface area contributed by atoms with Gasteiger partial charge < -0.3 is 9.84 Å². The van der Waals surface area contributed by atoms with E-state index in [2.05, 4.69) is 32.0 Å². The van der Waals surface area contributed by atoms with Crippen molar-refractivity contribution in [2.24, 2.45) is 11.8 Å². The molecular formula is C17H26O2. The summed E-state index contributed by atoms with van der Waals surface area (Å²) >= 11 is 0. The van der Waals surface area contributed by atoms with Crippen LogP contribution in [0.5, 0.6) is 5.75 Å². The molecule has 0 aromatic heterocycles. The van der Waals surface area contributed by atoms with E-state index in [0.29, 0.717) is 11.8 Å². The van der Waals surface area contributed by atoms with Crippen molar-refractivity contribution in [1.82, 2.24) is 0 Å². The van der Waals surface area contributed by atoms with Gasteiger partial charge in [-0.25, -0.2) is 0 Å². The lowest BCUT2D eigenvalue weighted by molar-refractivity contribution is 0.0700. The van der Waals surface area contributed by atoms with Crippen LogP contribution in [0.3, 0.4) is 0 Å². The number of ether oxygens (including phenoxy) is 1. The molecule has 0 saturated heterocycles. The van der Waals surface area contributed by atoms with Crippen molar-refractivity contribution in [3.63, 3.8) is 0 Å². The third-order valence-electron chi connectivity index (χ3n) is 3.85. The number of hydrogen-bond acceptors (Lipinski definition) is 2. The number of rotatable bonds is 5. The largest absolute Gasteiger partial charge is 0.493 e. The van der Waals surface area contributed by atoms with Crippen LogP contribution >= 0.6 is 0 Å². The van der Waals surface area contributed by atoms with Gasteiger partial charge in [0.2, 0.25) is 0 Å². The van der Waals surface area contributed by atoms with Crippen molar-refractivity contribution >= 4 is 0 Å². The summed E-state index contributed by atoms with van der Waals surface area (Å²) in [6.45, 7) is 5.07. The molecule has 0 amide bonds. The summed E-state index contributed by atoms with van der Waals surface area (Å²) in [5.41, 5.74) is 1.28. The predicted octanol–water partition coefficient (Wildman–Crippen LogP) is 3.82. The molecule has 2 atom stereocenters. The smallest absolute Gasteiger partial charge is 0.119 e. The Morgan fingerprint density at radius 3 is 2.79 bits per heavy atom. The van der Waals surface area contributed by atoms with Crippen molar-refractivity contribution in [2.45, 2.75) is 52.1 Å². The average molecular weight is 262 g/mol. The number of hydrogen-bond donors (Lipinski definition) is 1. The molecule has 1 aliphatic carbocycles. The van der Waals surface area contributed by atoms with E-state index in [4.69, 9.17) is 4.74 Å². The lowest BCUT2D eigenvalue weighted by atomic mass is 9.82. The molecule has 1 aliphatic rings. The van der Waals surface area contributed by atoms with E-state index in [1.54, 1.807) is 0 Å². The summed E-state index contributed by atoms with van der Waals surface area (Å²) in [4.78, 5) is 0. The summed E-state index contributed by atoms with van der Waals surface area (Å²) in [6, 6.07) is 8.34. The van der Waals surface area contributed by atoms with E-state index in [1.165, 1.54) is 18.4 Å². The van der Waals surface area contributed by atoms with Crippen molar-refractivity contribution in [3.8, 4) is 5.75 Å². The second kappa shape index (κ2) is 6.95. The molecule has 2 nitrogen and oxygen atoms in total. The standard InChI is InChI=1S/C17H26O2/c1-13(2)12-19-16-8-5-6-14(11-16)10-15-7-3-4-9-17(15)18/h5-6,8,11,13,15,17-18H,3-4,7,9-10,12H2,1-2H3. The zero-order chi connectivity index (χ0) is 13.7. The average Bonchev–Trinajstić information content (AvgIpc) is 2.40. The molecule has 2 heteroatoms. The van der Waals surface area contributed by atoms with Gasteiger partial charge in [0.15, 0.2) is 0 Å². The van der Waals surface area contributed by atoms with Crippen LogP contribution in [0.2, 0.25) is 0 Å². The Balaban J connectivity index is 1.94. The number of benzene rings is 1. The second-order valence-corrected chi connectivity index (χ2v) is 6.17. The van der Waals surface area contributed by atoms with Gasteiger partial charge >= 0.3 is 0 Å². The second-order valence-electron chi connectivity index (χ2n) is 6.17. The minimum atomic E-state index is -0.117. The van der Waals surface area contributed by atoms with E-state index < -0.39 is 0 Å². The molecule has 1 aromatic rings. The van der Waals surface area contributed by atoms with E-state index in [1.807, 2.05) is 6.07 Å². The van der Waals surface area contributed by atoms with Gasteiger partial charge in [0.05, 0.1) is 12.7 Å². The highest BCUT2D eigenvalue weighted by Gasteiger charge is 2.23. The minimum absolute atomic E-state index is 0.117. The molecule has 106 valence electrons. The molecule has 0 aliphatic heterocycles. The van der Waals surface area contributed by atoms with Gasteiger partial charge in [-0.1, -0.05) is 38.8 Å². The summed E-state index contributed by atoms with van der Waals surface area (Å²) < 4.78 is 5.76. The fraction of sp³-hybridized carbons (Fsp3) is 0.647.